The summed E-state index contributed by atoms with van der Waals surface area (Å²) in [5.74, 6) is -1.49. The maximum atomic E-state index is 11.8. The SMILES string of the molecule is COC(=O)c1cc(S(=O)(=O)O)cc2c(C(=O)OC)cccc12.[H-].[K+]. The Morgan fingerprint density at radius 2 is 1.57 bits per heavy atom. The van der Waals surface area contributed by atoms with Gasteiger partial charge in [-0.25, -0.2) is 9.59 Å². The zero-order valence-corrected chi connectivity index (χ0v) is 16.6. The molecule has 0 unspecified atom stereocenters. The second-order valence-corrected chi connectivity index (χ2v) is 5.75. The van der Waals surface area contributed by atoms with E-state index in [2.05, 4.69) is 9.47 Å². The van der Waals surface area contributed by atoms with Crippen molar-refractivity contribution in [3.63, 3.8) is 0 Å². The van der Waals surface area contributed by atoms with Gasteiger partial charge in [0.05, 0.1) is 30.2 Å². The molecule has 0 aromatic heterocycles. The smallest absolute Gasteiger partial charge is 1.00 e. The van der Waals surface area contributed by atoms with Gasteiger partial charge < -0.3 is 10.9 Å². The van der Waals surface area contributed by atoms with Crippen LogP contribution in [-0.2, 0) is 19.6 Å². The van der Waals surface area contributed by atoms with E-state index in [1.807, 2.05) is 0 Å². The van der Waals surface area contributed by atoms with Gasteiger partial charge in [0.1, 0.15) is 0 Å². The van der Waals surface area contributed by atoms with E-state index in [-0.39, 0.29) is 69.3 Å². The van der Waals surface area contributed by atoms with Gasteiger partial charge in [-0.3, -0.25) is 4.55 Å². The Kier molecular flexibility index (Phi) is 6.90. The third-order valence-electron chi connectivity index (χ3n) is 3.08. The Labute approximate surface area is 176 Å². The van der Waals surface area contributed by atoms with E-state index in [1.54, 1.807) is 0 Å². The van der Waals surface area contributed by atoms with Crippen LogP contribution < -0.4 is 51.4 Å². The molecule has 118 valence electrons. The normalized spacial score (nSPS) is 10.7. The van der Waals surface area contributed by atoms with Crippen LogP contribution >= 0.6 is 0 Å². The molecule has 9 heteroatoms. The minimum atomic E-state index is -4.57. The molecule has 1 N–H and O–H groups in total. The van der Waals surface area contributed by atoms with Crippen molar-refractivity contribution in [1.29, 1.82) is 0 Å². The summed E-state index contributed by atoms with van der Waals surface area (Å²) in [4.78, 5) is 23.1. The predicted molar refractivity (Wildman–Crippen MR) is 77.6 cm³/mol. The summed E-state index contributed by atoms with van der Waals surface area (Å²) in [7, 11) is -2.25. The Morgan fingerprint density at radius 1 is 1.00 bits per heavy atom. The molecular weight excluding hydrogens is 351 g/mol. The average Bonchev–Trinajstić information content (AvgIpc) is 2.50. The fraction of sp³-hybridized carbons (Fsp3) is 0.143. The molecule has 0 radical (unpaired) electrons. The number of esters is 2. The van der Waals surface area contributed by atoms with E-state index < -0.39 is 27.0 Å². The first-order valence-corrected chi connectivity index (χ1v) is 7.44. The fourth-order valence-corrected chi connectivity index (χ4v) is 2.61. The van der Waals surface area contributed by atoms with Crippen LogP contribution in [0.1, 0.15) is 22.1 Å². The summed E-state index contributed by atoms with van der Waals surface area (Å²) in [6.45, 7) is 0. The van der Waals surface area contributed by atoms with Gasteiger partial charge in [0.2, 0.25) is 0 Å². The van der Waals surface area contributed by atoms with Crippen LogP contribution in [0.15, 0.2) is 35.2 Å². The van der Waals surface area contributed by atoms with Crippen LogP contribution in [-0.4, -0.2) is 39.1 Å². The van der Waals surface area contributed by atoms with Crippen LogP contribution in [0.2, 0.25) is 0 Å². The van der Waals surface area contributed by atoms with Crippen molar-refractivity contribution in [3.05, 3.63) is 41.5 Å². The third kappa shape index (κ3) is 4.18. The minimum Gasteiger partial charge on any atom is -1.00 e. The maximum absolute atomic E-state index is 11.8. The molecule has 2 rings (SSSR count). The molecule has 0 saturated heterocycles. The van der Waals surface area contributed by atoms with Gasteiger partial charge in [-0.05, 0) is 29.0 Å². The Hall–Kier alpha value is -0.814. The van der Waals surface area contributed by atoms with Gasteiger partial charge in [-0.1, -0.05) is 12.1 Å². The number of fused-ring (bicyclic) bond motifs is 1. The predicted octanol–water partition coefficient (Wildman–Crippen LogP) is -1.22. The zero-order chi connectivity index (χ0) is 16.5. The molecule has 0 aliphatic carbocycles. The largest absolute Gasteiger partial charge is 1.00 e. The molecule has 7 nitrogen and oxygen atoms in total. The van der Waals surface area contributed by atoms with E-state index in [4.69, 9.17) is 0 Å². The summed E-state index contributed by atoms with van der Waals surface area (Å²) < 4.78 is 41.2. The summed E-state index contributed by atoms with van der Waals surface area (Å²) in [6.07, 6.45) is 0. The Morgan fingerprint density at radius 3 is 2.09 bits per heavy atom. The molecule has 0 fully saturated rings. The van der Waals surface area contributed by atoms with Gasteiger partial charge >= 0.3 is 63.3 Å². The maximum Gasteiger partial charge on any atom is 1.00 e. The average molecular weight is 364 g/mol. The van der Waals surface area contributed by atoms with Gasteiger partial charge in [-0.2, -0.15) is 8.42 Å². The number of methoxy groups -OCH3 is 2. The van der Waals surface area contributed by atoms with E-state index in [9.17, 15) is 22.6 Å². The first-order chi connectivity index (χ1) is 10.3. The van der Waals surface area contributed by atoms with Crippen LogP contribution in [0.4, 0.5) is 0 Å². The molecule has 2 aromatic rings. The molecule has 0 atom stereocenters. The van der Waals surface area contributed by atoms with Crippen molar-refractivity contribution in [3.8, 4) is 0 Å². The number of hydrogen-bond acceptors (Lipinski definition) is 6. The van der Waals surface area contributed by atoms with Crippen molar-refractivity contribution < 1.29 is 84.8 Å². The molecule has 0 aliphatic heterocycles. The number of carbonyl (C=O) groups is 2. The standard InChI is InChI=1S/C14H12O7S.K.H/c1-20-13(15)10-5-3-4-9-11(10)6-8(22(17,18)19)7-12(9)14(16)21-2;;/h3-7H,1-2H3,(H,17,18,19);;/q;+1;-1. The molecule has 0 amide bonds. The molecule has 0 bridgehead atoms. The Balaban J connectivity index is 0.00000264. The van der Waals surface area contributed by atoms with Gasteiger partial charge in [0.25, 0.3) is 10.1 Å². The number of benzene rings is 2. The van der Waals surface area contributed by atoms with E-state index in [0.717, 1.165) is 19.2 Å². The van der Waals surface area contributed by atoms with Crippen molar-refractivity contribution in [2.45, 2.75) is 4.90 Å². The quantitative estimate of drug-likeness (QED) is 0.413. The second kappa shape index (κ2) is 7.84. The van der Waals surface area contributed by atoms with Crippen molar-refractivity contribution in [2.24, 2.45) is 0 Å². The van der Waals surface area contributed by atoms with Crippen LogP contribution in [0.3, 0.4) is 0 Å². The first kappa shape index (κ1) is 20.2. The van der Waals surface area contributed by atoms with Crippen molar-refractivity contribution in [1.82, 2.24) is 0 Å². The first-order valence-electron chi connectivity index (χ1n) is 6.00. The number of hydrogen-bond donors (Lipinski definition) is 1. The van der Waals surface area contributed by atoms with E-state index >= 15 is 0 Å². The molecule has 0 saturated carbocycles. The number of ether oxygens (including phenoxy) is 2. The Bertz CT molecular complexity index is 880. The van der Waals surface area contributed by atoms with Gasteiger partial charge in [0, 0.05) is 0 Å². The van der Waals surface area contributed by atoms with Crippen LogP contribution in [0.5, 0.6) is 0 Å². The number of carbonyl (C=O) groups excluding carboxylic acids is 2. The zero-order valence-electron chi connectivity index (χ0n) is 13.7. The molecule has 0 aliphatic rings. The van der Waals surface area contributed by atoms with Crippen LogP contribution in [0.25, 0.3) is 10.8 Å². The topological polar surface area (TPSA) is 107 Å². The number of rotatable bonds is 3. The van der Waals surface area contributed by atoms with Crippen molar-refractivity contribution in [2.75, 3.05) is 14.2 Å². The van der Waals surface area contributed by atoms with Gasteiger partial charge in [-0.15, -0.1) is 0 Å². The van der Waals surface area contributed by atoms with Crippen LogP contribution in [0, 0.1) is 0 Å². The molecule has 23 heavy (non-hydrogen) atoms. The monoisotopic (exact) mass is 364 g/mol. The summed E-state index contributed by atoms with van der Waals surface area (Å²) >= 11 is 0. The summed E-state index contributed by atoms with van der Waals surface area (Å²) in [5.41, 5.74) is -0.0194. The fourth-order valence-electron chi connectivity index (χ4n) is 2.08. The molecular formula is C14H13KO7S. The summed E-state index contributed by atoms with van der Waals surface area (Å²) in [5, 5.41) is 0.465. The second-order valence-electron chi connectivity index (χ2n) is 4.33. The third-order valence-corrected chi connectivity index (χ3v) is 3.91. The minimum absolute atomic E-state index is 0. The van der Waals surface area contributed by atoms with Crippen molar-refractivity contribution >= 4 is 32.8 Å². The molecule has 0 spiro atoms. The van der Waals surface area contributed by atoms with E-state index in [0.29, 0.717) is 5.39 Å². The van der Waals surface area contributed by atoms with E-state index in [1.165, 1.54) is 25.3 Å². The molecule has 2 aromatic carbocycles. The van der Waals surface area contributed by atoms with Gasteiger partial charge in [0.15, 0.2) is 0 Å². The molecule has 0 heterocycles. The summed E-state index contributed by atoms with van der Waals surface area (Å²) in [6, 6.07) is 6.56.